The van der Waals surface area contributed by atoms with Crippen molar-refractivity contribution in [3.8, 4) is 6.07 Å². The first-order valence-corrected chi connectivity index (χ1v) is 6.32. The summed E-state index contributed by atoms with van der Waals surface area (Å²) in [6, 6.07) is 8.96. The Hall–Kier alpha value is -1.51. The second kappa shape index (κ2) is 5.89. The van der Waals surface area contributed by atoms with Gasteiger partial charge in [-0.1, -0.05) is 28.1 Å². The highest BCUT2D eigenvalue weighted by Crippen LogP contribution is 2.16. The second-order valence-electron chi connectivity index (χ2n) is 3.86. The Balaban J connectivity index is 2.23. The maximum Gasteiger partial charge on any atom is 0.185 e. The topological polar surface area (TPSA) is 62.5 Å². The number of ketones is 1. The van der Waals surface area contributed by atoms with Gasteiger partial charge in [0.1, 0.15) is 5.92 Å². The van der Waals surface area contributed by atoms with Gasteiger partial charge in [0.25, 0.3) is 0 Å². The van der Waals surface area contributed by atoms with Crippen LogP contribution in [0.25, 0.3) is 0 Å². The molecule has 4 nitrogen and oxygen atoms in total. The smallest absolute Gasteiger partial charge is 0.185 e. The molecule has 18 heavy (non-hydrogen) atoms. The number of ether oxygens (including phenoxy) is 1. The van der Waals surface area contributed by atoms with Crippen LogP contribution in [0, 0.1) is 17.2 Å². The fourth-order valence-corrected chi connectivity index (χ4v) is 1.98. The van der Waals surface area contributed by atoms with Gasteiger partial charge in [-0.3, -0.25) is 9.79 Å². The number of carbonyl (C=O) groups excluding carboxylic acids is 1. The van der Waals surface area contributed by atoms with E-state index in [1.807, 2.05) is 6.07 Å². The van der Waals surface area contributed by atoms with Gasteiger partial charge in [-0.2, -0.15) is 5.26 Å². The largest absolute Gasteiger partial charge is 0.374 e. The predicted octanol–water partition coefficient (Wildman–Crippen LogP) is 2.24. The van der Waals surface area contributed by atoms with Crippen LogP contribution < -0.4 is 0 Å². The van der Waals surface area contributed by atoms with Crippen LogP contribution in [0.3, 0.4) is 0 Å². The van der Waals surface area contributed by atoms with Gasteiger partial charge in [-0.25, -0.2) is 0 Å². The summed E-state index contributed by atoms with van der Waals surface area (Å²) in [5, 5.41) is 9.15. The van der Waals surface area contributed by atoms with Crippen molar-refractivity contribution in [2.24, 2.45) is 10.9 Å². The third-order valence-electron chi connectivity index (χ3n) is 2.65. The van der Waals surface area contributed by atoms with Gasteiger partial charge < -0.3 is 4.74 Å². The number of rotatable bonds is 3. The molecular formula is C13H11BrN2O2. The van der Waals surface area contributed by atoms with Crippen LogP contribution in [0.5, 0.6) is 0 Å². The maximum atomic E-state index is 12.2. The number of nitrogens with zero attached hydrogens (tertiary/aromatic N) is 2. The molecule has 1 atom stereocenters. The van der Waals surface area contributed by atoms with E-state index in [0.717, 1.165) is 4.47 Å². The Kier molecular flexibility index (Phi) is 4.24. The summed E-state index contributed by atoms with van der Waals surface area (Å²) in [5.74, 6) is -1.07. The number of hydrogen-bond donors (Lipinski definition) is 0. The molecular weight excluding hydrogens is 296 g/mol. The fraction of sp³-hybridized carbons (Fsp3) is 0.308. The number of benzene rings is 1. The van der Waals surface area contributed by atoms with E-state index in [1.165, 1.54) is 0 Å². The van der Waals surface area contributed by atoms with Crippen molar-refractivity contribution in [2.45, 2.75) is 0 Å². The number of carbonyl (C=O) groups is 1. The number of halogens is 1. The molecule has 1 heterocycles. The first-order chi connectivity index (χ1) is 8.72. The number of hydrogen-bond acceptors (Lipinski definition) is 4. The first-order valence-electron chi connectivity index (χ1n) is 5.52. The summed E-state index contributed by atoms with van der Waals surface area (Å²) in [7, 11) is 0. The van der Waals surface area contributed by atoms with Crippen LogP contribution in [0.15, 0.2) is 33.7 Å². The summed E-state index contributed by atoms with van der Waals surface area (Å²) in [5.41, 5.74) is 1.04. The second-order valence-corrected chi connectivity index (χ2v) is 4.77. The molecule has 1 aromatic rings. The summed E-state index contributed by atoms with van der Waals surface area (Å²) in [6.07, 6.45) is 0. The van der Waals surface area contributed by atoms with E-state index in [4.69, 9.17) is 10.00 Å². The molecule has 2 rings (SSSR count). The molecule has 0 N–H and O–H groups in total. The van der Waals surface area contributed by atoms with E-state index in [9.17, 15) is 4.79 Å². The number of nitriles is 1. The summed E-state index contributed by atoms with van der Waals surface area (Å²) < 4.78 is 6.12. The van der Waals surface area contributed by atoms with Gasteiger partial charge in [-0.05, 0) is 12.1 Å². The van der Waals surface area contributed by atoms with Crippen LogP contribution in [0.1, 0.15) is 10.4 Å². The standard InChI is InChI=1S/C13H11BrN2O2/c14-10-3-1-9(2-4-10)13(17)11(7-15)12-8-18-6-5-16-12/h1-4,11H,5-6,8H2. The van der Waals surface area contributed by atoms with Gasteiger partial charge in [0, 0.05) is 10.0 Å². The van der Waals surface area contributed by atoms with Gasteiger partial charge in [0.15, 0.2) is 5.78 Å². The lowest BCUT2D eigenvalue weighted by atomic mass is 9.94. The molecule has 0 radical (unpaired) electrons. The number of Topliss-reactive ketones (excluding diaryl/α,β-unsaturated/α-hetero) is 1. The molecule has 0 saturated heterocycles. The van der Waals surface area contributed by atoms with Crippen molar-refractivity contribution in [1.82, 2.24) is 0 Å². The molecule has 1 unspecified atom stereocenters. The molecule has 1 aliphatic heterocycles. The molecule has 0 spiro atoms. The molecule has 0 aliphatic carbocycles. The monoisotopic (exact) mass is 306 g/mol. The van der Waals surface area contributed by atoms with Crippen molar-refractivity contribution in [1.29, 1.82) is 5.26 Å². The number of aliphatic imine (C=N–C) groups is 1. The minimum absolute atomic E-state index is 0.228. The third kappa shape index (κ3) is 2.84. The minimum atomic E-state index is -0.841. The van der Waals surface area contributed by atoms with Gasteiger partial charge in [0.2, 0.25) is 0 Å². The van der Waals surface area contributed by atoms with Crippen LogP contribution in [-0.4, -0.2) is 31.3 Å². The van der Waals surface area contributed by atoms with Crippen LogP contribution >= 0.6 is 15.9 Å². The van der Waals surface area contributed by atoms with Crippen molar-refractivity contribution in [2.75, 3.05) is 19.8 Å². The highest BCUT2D eigenvalue weighted by atomic mass is 79.9. The van der Waals surface area contributed by atoms with E-state index in [0.29, 0.717) is 24.4 Å². The SMILES string of the molecule is N#CC(C(=O)c1ccc(Br)cc1)C1=NCCOC1. The average Bonchev–Trinajstić information content (AvgIpc) is 2.41. The minimum Gasteiger partial charge on any atom is -0.374 e. The van der Waals surface area contributed by atoms with E-state index >= 15 is 0 Å². The Bertz CT molecular complexity index is 517. The van der Waals surface area contributed by atoms with E-state index in [1.54, 1.807) is 24.3 Å². The van der Waals surface area contributed by atoms with Gasteiger partial charge in [-0.15, -0.1) is 0 Å². The molecule has 5 heteroatoms. The van der Waals surface area contributed by atoms with E-state index in [2.05, 4.69) is 20.9 Å². The molecule has 92 valence electrons. The molecule has 0 aromatic heterocycles. The normalized spacial score (nSPS) is 16.6. The van der Waals surface area contributed by atoms with Crippen molar-refractivity contribution in [3.05, 3.63) is 34.3 Å². The summed E-state index contributed by atoms with van der Waals surface area (Å²) in [4.78, 5) is 16.4. The highest BCUT2D eigenvalue weighted by Gasteiger charge is 2.26. The Morgan fingerprint density at radius 3 is 2.72 bits per heavy atom. The summed E-state index contributed by atoms with van der Waals surface area (Å²) >= 11 is 3.31. The predicted molar refractivity (Wildman–Crippen MR) is 70.7 cm³/mol. The van der Waals surface area contributed by atoms with E-state index < -0.39 is 5.92 Å². The van der Waals surface area contributed by atoms with Crippen LogP contribution in [0.4, 0.5) is 0 Å². The molecule has 0 saturated carbocycles. The van der Waals surface area contributed by atoms with Gasteiger partial charge >= 0.3 is 0 Å². The summed E-state index contributed by atoms with van der Waals surface area (Å²) in [6.45, 7) is 1.33. The van der Waals surface area contributed by atoms with Gasteiger partial charge in [0.05, 0.1) is 31.5 Å². The molecule has 0 bridgehead atoms. The Labute approximate surface area is 113 Å². The quantitative estimate of drug-likeness (QED) is 0.805. The molecule has 0 fully saturated rings. The highest BCUT2D eigenvalue weighted by molar-refractivity contribution is 9.10. The average molecular weight is 307 g/mol. The lowest BCUT2D eigenvalue weighted by molar-refractivity contribution is 0.0966. The van der Waals surface area contributed by atoms with Crippen molar-refractivity contribution in [3.63, 3.8) is 0 Å². The zero-order valence-electron chi connectivity index (χ0n) is 9.60. The van der Waals surface area contributed by atoms with Crippen LogP contribution in [-0.2, 0) is 4.74 Å². The van der Waals surface area contributed by atoms with Crippen LogP contribution in [0.2, 0.25) is 0 Å². The fourth-order valence-electron chi connectivity index (χ4n) is 1.72. The molecule has 1 aliphatic rings. The van der Waals surface area contributed by atoms with E-state index in [-0.39, 0.29) is 12.4 Å². The lowest BCUT2D eigenvalue weighted by Crippen LogP contribution is -2.30. The lowest BCUT2D eigenvalue weighted by Gasteiger charge is -2.16. The zero-order valence-corrected chi connectivity index (χ0v) is 11.2. The Morgan fingerprint density at radius 2 is 2.17 bits per heavy atom. The first kappa shape index (κ1) is 12.9. The van der Waals surface area contributed by atoms with Crippen molar-refractivity contribution < 1.29 is 9.53 Å². The maximum absolute atomic E-state index is 12.2. The van der Waals surface area contributed by atoms with Crippen molar-refractivity contribution >= 4 is 27.4 Å². The zero-order chi connectivity index (χ0) is 13.0. The molecule has 0 amide bonds. The molecule has 1 aromatic carbocycles. The third-order valence-corrected chi connectivity index (χ3v) is 3.18. The Morgan fingerprint density at radius 1 is 1.44 bits per heavy atom.